The van der Waals surface area contributed by atoms with E-state index in [1.165, 1.54) is 36.7 Å². The van der Waals surface area contributed by atoms with Gasteiger partial charge in [-0.15, -0.1) is 0 Å². The molecule has 94 valence electrons. The number of phenols is 1. The third kappa shape index (κ3) is 2.80. The Hall–Kier alpha value is -1.60. The summed E-state index contributed by atoms with van der Waals surface area (Å²) < 4.78 is 27.0. The lowest BCUT2D eigenvalue weighted by atomic mass is 10.3. The van der Waals surface area contributed by atoms with Gasteiger partial charge in [0.2, 0.25) is 0 Å². The van der Waals surface area contributed by atoms with Crippen LogP contribution >= 0.6 is 15.9 Å². The van der Waals surface area contributed by atoms with Crippen molar-refractivity contribution >= 4 is 31.6 Å². The lowest BCUT2D eigenvalue weighted by molar-refractivity contribution is 0.475. The first-order valence-electron chi connectivity index (χ1n) is 4.90. The van der Waals surface area contributed by atoms with Gasteiger partial charge in [-0.25, -0.2) is 8.42 Å². The summed E-state index contributed by atoms with van der Waals surface area (Å²) in [6, 6.07) is 6.83. The smallest absolute Gasteiger partial charge is 0.261 e. The lowest BCUT2D eigenvalue weighted by Crippen LogP contribution is -2.13. The Bertz CT molecular complexity index is 656. The van der Waals surface area contributed by atoms with Crippen molar-refractivity contribution in [2.75, 3.05) is 4.72 Å². The first kappa shape index (κ1) is 12.8. The highest BCUT2D eigenvalue weighted by molar-refractivity contribution is 9.10. The van der Waals surface area contributed by atoms with Crippen LogP contribution in [-0.2, 0) is 10.0 Å². The molecular formula is C11H9BrN2O3S. The molecule has 0 fully saturated rings. The summed E-state index contributed by atoms with van der Waals surface area (Å²) >= 11 is 3.20. The minimum Gasteiger partial charge on any atom is -0.508 e. The van der Waals surface area contributed by atoms with Gasteiger partial charge < -0.3 is 5.11 Å². The summed E-state index contributed by atoms with van der Waals surface area (Å²) in [4.78, 5) is 3.92. The summed E-state index contributed by atoms with van der Waals surface area (Å²) in [7, 11) is -3.67. The molecule has 5 nitrogen and oxygen atoms in total. The Morgan fingerprint density at radius 1 is 1.17 bits per heavy atom. The van der Waals surface area contributed by atoms with Crippen LogP contribution in [0.15, 0.2) is 52.1 Å². The molecule has 2 N–H and O–H groups in total. The molecule has 7 heteroatoms. The van der Waals surface area contributed by atoms with E-state index >= 15 is 0 Å². The maximum Gasteiger partial charge on any atom is 0.261 e. The highest BCUT2D eigenvalue weighted by Crippen LogP contribution is 2.24. The van der Waals surface area contributed by atoms with Crippen LogP contribution in [0.25, 0.3) is 0 Å². The number of benzene rings is 1. The molecule has 2 rings (SSSR count). The Morgan fingerprint density at radius 3 is 2.44 bits per heavy atom. The zero-order chi connectivity index (χ0) is 13.2. The average Bonchev–Trinajstić information content (AvgIpc) is 2.32. The van der Waals surface area contributed by atoms with Gasteiger partial charge in [0.05, 0.1) is 15.1 Å². The Kier molecular flexibility index (Phi) is 3.53. The quantitative estimate of drug-likeness (QED) is 0.906. The third-order valence-corrected chi connectivity index (χ3v) is 4.18. The van der Waals surface area contributed by atoms with E-state index in [-0.39, 0.29) is 10.6 Å². The van der Waals surface area contributed by atoms with Crippen molar-refractivity contribution < 1.29 is 13.5 Å². The fourth-order valence-electron chi connectivity index (χ4n) is 1.29. The van der Waals surface area contributed by atoms with Crippen LogP contribution in [0.1, 0.15) is 0 Å². The van der Waals surface area contributed by atoms with Gasteiger partial charge in [-0.2, -0.15) is 0 Å². The molecule has 0 aliphatic carbocycles. The SMILES string of the molecule is O=S(=O)(Nc1ccncc1Br)c1ccc(O)cc1. The van der Waals surface area contributed by atoms with E-state index in [0.29, 0.717) is 10.2 Å². The number of rotatable bonds is 3. The normalized spacial score (nSPS) is 11.2. The second kappa shape index (κ2) is 4.95. The number of phenolic OH excluding ortho intramolecular Hbond substituents is 1. The van der Waals surface area contributed by atoms with Crippen LogP contribution in [0.5, 0.6) is 5.75 Å². The molecule has 0 spiro atoms. The summed E-state index contributed by atoms with van der Waals surface area (Å²) in [5, 5.41) is 9.13. The van der Waals surface area contributed by atoms with Crippen molar-refractivity contribution in [1.82, 2.24) is 4.98 Å². The molecule has 0 radical (unpaired) electrons. The van der Waals surface area contributed by atoms with Gasteiger partial charge >= 0.3 is 0 Å². The largest absolute Gasteiger partial charge is 0.508 e. The lowest BCUT2D eigenvalue weighted by Gasteiger charge is -2.09. The molecule has 0 bridgehead atoms. The minimum absolute atomic E-state index is 0.0130. The number of hydrogen-bond acceptors (Lipinski definition) is 4. The number of anilines is 1. The highest BCUT2D eigenvalue weighted by Gasteiger charge is 2.15. The third-order valence-electron chi connectivity index (χ3n) is 2.16. The molecule has 0 aliphatic heterocycles. The molecule has 0 aliphatic rings. The van der Waals surface area contributed by atoms with Gasteiger partial charge in [0.25, 0.3) is 10.0 Å². The van der Waals surface area contributed by atoms with Gasteiger partial charge in [-0.05, 0) is 46.3 Å². The standard InChI is InChI=1S/C11H9BrN2O3S/c12-10-7-13-6-5-11(10)14-18(16,17)9-3-1-8(15)2-4-9/h1-7,15H,(H,13,14). The number of pyridine rings is 1. The number of aromatic nitrogens is 1. The maximum atomic E-state index is 12.0. The number of aromatic hydroxyl groups is 1. The van der Waals surface area contributed by atoms with E-state index in [2.05, 4.69) is 25.6 Å². The molecule has 1 aromatic heterocycles. The number of hydrogen-bond donors (Lipinski definition) is 2. The summed E-state index contributed by atoms with van der Waals surface area (Å²) in [5.41, 5.74) is 0.401. The monoisotopic (exact) mass is 328 g/mol. The molecular weight excluding hydrogens is 320 g/mol. The first-order chi connectivity index (χ1) is 8.49. The van der Waals surface area contributed by atoms with E-state index in [9.17, 15) is 8.42 Å². The van der Waals surface area contributed by atoms with E-state index in [0.717, 1.165) is 0 Å². The van der Waals surface area contributed by atoms with Crippen LogP contribution in [0.2, 0.25) is 0 Å². The van der Waals surface area contributed by atoms with Crippen molar-refractivity contribution in [2.24, 2.45) is 0 Å². The van der Waals surface area contributed by atoms with Gasteiger partial charge in [0.15, 0.2) is 0 Å². The second-order valence-electron chi connectivity index (χ2n) is 3.45. The topological polar surface area (TPSA) is 79.3 Å². The Balaban J connectivity index is 2.33. The number of nitrogens with one attached hydrogen (secondary N) is 1. The predicted molar refractivity (Wildman–Crippen MR) is 70.9 cm³/mol. The van der Waals surface area contributed by atoms with Gasteiger partial charge in [0.1, 0.15) is 5.75 Å². The molecule has 2 aromatic rings. The molecule has 0 atom stereocenters. The zero-order valence-corrected chi connectivity index (χ0v) is 11.4. The average molecular weight is 329 g/mol. The van der Waals surface area contributed by atoms with Crippen molar-refractivity contribution in [3.05, 3.63) is 47.2 Å². The fraction of sp³-hybridized carbons (Fsp3) is 0. The molecule has 1 aromatic carbocycles. The summed E-state index contributed by atoms with van der Waals surface area (Å²) in [5.74, 6) is 0.0130. The molecule has 18 heavy (non-hydrogen) atoms. The Labute approximate surface area is 113 Å². The van der Waals surface area contributed by atoms with Crippen molar-refractivity contribution in [3.8, 4) is 5.75 Å². The van der Waals surface area contributed by atoms with E-state index in [1.807, 2.05) is 0 Å². The van der Waals surface area contributed by atoms with Crippen molar-refractivity contribution in [1.29, 1.82) is 0 Å². The van der Waals surface area contributed by atoms with Crippen LogP contribution in [0.4, 0.5) is 5.69 Å². The maximum absolute atomic E-state index is 12.0. The number of halogens is 1. The highest BCUT2D eigenvalue weighted by atomic mass is 79.9. The van der Waals surface area contributed by atoms with Crippen molar-refractivity contribution in [2.45, 2.75) is 4.90 Å². The molecule has 0 amide bonds. The fourth-order valence-corrected chi connectivity index (χ4v) is 2.85. The summed E-state index contributed by atoms with van der Waals surface area (Å²) in [6.07, 6.45) is 2.98. The van der Waals surface area contributed by atoms with Crippen LogP contribution < -0.4 is 4.72 Å². The van der Waals surface area contributed by atoms with E-state index < -0.39 is 10.0 Å². The van der Waals surface area contributed by atoms with E-state index in [1.54, 1.807) is 6.07 Å². The zero-order valence-electron chi connectivity index (χ0n) is 9.04. The van der Waals surface area contributed by atoms with E-state index in [4.69, 9.17) is 5.11 Å². The van der Waals surface area contributed by atoms with Crippen LogP contribution in [-0.4, -0.2) is 18.5 Å². The molecule has 0 unspecified atom stereocenters. The van der Waals surface area contributed by atoms with Gasteiger partial charge in [-0.3, -0.25) is 9.71 Å². The van der Waals surface area contributed by atoms with Crippen LogP contribution in [0.3, 0.4) is 0 Å². The number of sulfonamides is 1. The predicted octanol–water partition coefficient (Wildman–Crippen LogP) is 2.35. The molecule has 0 saturated carbocycles. The molecule has 0 saturated heterocycles. The van der Waals surface area contributed by atoms with Gasteiger partial charge in [0, 0.05) is 12.4 Å². The van der Waals surface area contributed by atoms with Crippen LogP contribution in [0, 0.1) is 0 Å². The number of nitrogens with zero attached hydrogens (tertiary/aromatic N) is 1. The van der Waals surface area contributed by atoms with Crippen molar-refractivity contribution in [3.63, 3.8) is 0 Å². The first-order valence-corrected chi connectivity index (χ1v) is 7.18. The second-order valence-corrected chi connectivity index (χ2v) is 5.99. The minimum atomic E-state index is -3.67. The molecule has 1 heterocycles. The Morgan fingerprint density at radius 2 is 1.83 bits per heavy atom. The van der Waals surface area contributed by atoms with Gasteiger partial charge in [-0.1, -0.05) is 0 Å². The summed E-state index contributed by atoms with van der Waals surface area (Å²) in [6.45, 7) is 0.